The molecule has 3 heteroatoms. The van der Waals surface area contributed by atoms with Gasteiger partial charge in [0, 0.05) is 0 Å². The van der Waals surface area contributed by atoms with Gasteiger partial charge in [0.1, 0.15) is 0 Å². The summed E-state index contributed by atoms with van der Waals surface area (Å²) in [5, 5.41) is 0. The minimum Gasteiger partial charge on any atom is -0.204 e. The fraction of sp³-hybridized carbons (Fsp3) is 0.760. The van der Waals surface area contributed by atoms with Gasteiger partial charge in [0.15, 0.2) is 17.5 Å². The van der Waals surface area contributed by atoms with Crippen molar-refractivity contribution in [1.82, 2.24) is 0 Å². The van der Waals surface area contributed by atoms with E-state index < -0.39 is 17.5 Å². The molecule has 0 atom stereocenters. The van der Waals surface area contributed by atoms with Crippen molar-refractivity contribution in [2.75, 3.05) is 0 Å². The first-order valence-corrected chi connectivity index (χ1v) is 11.7. The van der Waals surface area contributed by atoms with Crippen LogP contribution in [0.2, 0.25) is 0 Å². The first kappa shape index (κ1) is 21.7. The second-order valence-electron chi connectivity index (χ2n) is 9.47. The lowest BCUT2D eigenvalue weighted by Crippen LogP contribution is -2.26. The highest BCUT2D eigenvalue weighted by molar-refractivity contribution is 5.19. The van der Waals surface area contributed by atoms with Gasteiger partial charge in [-0.1, -0.05) is 58.3 Å². The Hall–Kier alpha value is -0.990. The minimum absolute atomic E-state index is 0.583. The lowest BCUT2D eigenvalue weighted by Gasteiger charge is -2.38. The quantitative estimate of drug-likeness (QED) is 0.308. The van der Waals surface area contributed by atoms with Crippen LogP contribution in [0.15, 0.2) is 12.1 Å². The summed E-state index contributed by atoms with van der Waals surface area (Å²) in [4.78, 5) is 0. The van der Waals surface area contributed by atoms with Gasteiger partial charge in [0.25, 0.3) is 0 Å². The van der Waals surface area contributed by atoms with E-state index in [9.17, 15) is 13.2 Å². The maximum Gasteiger partial charge on any atom is 0.194 e. The topological polar surface area (TPSA) is 0 Å². The number of rotatable bonds is 8. The molecule has 2 aliphatic rings. The van der Waals surface area contributed by atoms with Crippen molar-refractivity contribution in [1.29, 1.82) is 0 Å². The summed E-state index contributed by atoms with van der Waals surface area (Å²) in [5.74, 6) is -0.0250. The normalized spacial score (nSPS) is 28.4. The molecule has 2 aliphatic carbocycles. The van der Waals surface area contributed by atoms with Gasteiger partial charge in [-0.25, -0.2) is 13.2 Å². The van der Waals surface area contributed by atoms with E-state index in [2.05, 4.69) is 6.92 Å². The van der Waals surface area contributed by atoms with Crippen molar-refractivity contribution in [3.8, 4) is 0 Å². The monoisotopic (exact) mass is 394 g/mol. The fourth-order valence-corrected chi connectivity index (χ4v) is 5.70. The maximum absolute atomic E-state index is 13.4. The summed E-state index contributed by atoms with van der Waals surface area (Å²) in [5.41, 5.74) is 0.583. The first-order chi connectivity index (χ1) is 13.6. The largest absolute Gasteiger partial charge is 0.204 e. The summed E-state index contributed by atoms with van der Waals surface area (Å²) in [7, 11) is 0. The van der Waals surface area contributed by atoms with Gasteiger partial charge < -0.3 is 0 Å². The molecule has 0 nitrogen and oxygen atoms in total. The van der Waals surface area contributed by atoms with Crippen molar-refractivity contribution >= 4 is 0 Å². The van der Waals surface area contributed by atoms with Crippen LogP contribution in [0.3, 0.4) is 0 Å². The number of hydrogen-bond acceptors (Lipinski definition) is 0. The molecule has 0 bridgehead atoms. The number of hydrogen-bond donors (Lipinski definition) is 0. The molecular weight excluding hydrogens is 357 g/mol. The second kappa shape index (κ2) is 10.7. The third-order valence-electron chi connectivity index (χ3n) is 7.55. The average molecular weight is 395 g/mol. The zero-order chi connectivity index (χ0) is 19.9. The van der Waals surface area contributed by atoms with Crippen LogP contribution < -0.4 is 0 Å². The van der Waals surface area contributed by atoms with Gasteiger partial charge in [-0.3, -0.25) is 0 Å². The molecule has 0 aliphatic heterocycles. The zero-order valence-electron chi connectivity index (χ0n) is 17.5. The molecule has 0 radical (unpaired) electrons. The predicted octanol–water partition coefficient (Wildman–Crippen LogP) is 8.23. The van der Waals surface area contributed by atoms with Crippen LogP contribution in [-0.2, 0) is 6.42 Å². The van der Waals surface area contributed by atoms with Crippen molar-refractivity contribution < 1.29 is 13.2 Å². The van der Waals surface area contributed by atoms with Crippen LogP contribution in [0.4, 0.5) is 13.2 Å². The molecule has 0 amide bonds. The van der Waals surface area contributed by atoms with E-state index in [0.29, 0.717) is 17.9 Å². The number of halogens is 3. The molecule has 158 valence electrons. The molecule has 28 heavy (non-hydrogen) atoms. The zero-order valence-corrected chi connectivity index (χ0v) is 17.5. The van der Waals surface area contributed by atoms with Gasteiger partial charge in [-0.15, -0.1) is 0 Å². The van der Waals surface area contributed by atoms with E-state index in [-0.39, 0.29) is 0 Å². The van der Waals surface area contributed by atoms with Gasteiger partial charge >= 0.3 is 0 Å². The highest BCUT2D eigenvalue weighted by Crippen LogP contribution is 2.43. The second-order valence-corrected chi connectivity index (χ2v) is 9.47. The Balaban J connectivity index is 1.36. The molecule has 0 heterocycles. The van der Waals surface area contributed by atoms with Gasteiger partial charge in [-0.05, 0) is 79.9 Å². The molecule has 1 aromatic rings. The summed E-state index contributed by atoms with van der Waals surface area (Å²) in [6.45, 7) is 2.28. The van der Waals surface area contributed by atoms with Crippen LogP contribution in [-0.4, -0.2) is 0 Å². The minimum atomic E-state index is -1.36. The maximum atomic E-state index is 13.4. The smallest absolute Gasteiger partial charge is 0.194 e. The first-order valence-electron chi connectivity index (χ1n) is 11.7. The molecule has 3 rings (SSSR count). The Morgan fingerprint density at radius 2 is 1.21 bits per heavy atom. The highest BCUT2D eigenvalue weighted by Gasteiger charge is 2.30. The lowest BCUT2D eigenvalue weighted by molar-refractivity contribution is 0.140. The molecule has 1 aromatic carbocycles. The van der Waals surface area contributed by atoms with Gasteiger partial charge in [0.2, 0.25) is 0 Å². The average Bonchev–Trinajstić information content (AvgIpc) is 2.71. The van der Waals surface area contributed by atoms with E-state index in [0.717, 1.165) is 36.3 Å². The van der Waals surface area contributed by atoms with E-state index in [1.165, 1.54) is 77.0 Å². The number of unbranched alkanes of at least 4 members (excludes halogenated alkanes) is 2. The fourth-order valence-electron chi connectivity index (χ4n) is 5.70. The molecule has 0 spiro atoms. The summed E-state index contributed by atoms with van der Waals surface area (Å²) in [6, 6.07) is 2.31. The summed E-state index contributed by atoms with van der Waals surface area (Å²) in [6.07, 6.45) is 18.0. The van der Waals surface area contributed by atoms with Crippen molar-refractivity contribution in [3.63, 3.8) is 0 Å². The van der Waals surface area contributed by atoms with Crippen LogP contribution in [0, 0.1) is 41.1 Å². The standard InChI is InChI=1S/C25H37F3/c1-2-3-4-5-18-8-12-21(13-9-18)22-14-10-19(11-15-22)6-7-20-16-23(26)25(28)24(27)17-20/h16-19,21-22H,2-15H2,1H3. The van der Waals surface area contributed by atoms with E-state index in [1.54, 1.807) is 0 Å². The number of benzene rings is 1. The Morgan fingerprint density at radius 1 is 0.714 bits per heavy atom. The van der Waals surface area contributed by atoms with E-state index >= 15 is 0 Å². The summed E-state index contributed by atoms with van der Waals surface area (Å²) >= 11 is 0. The van der Waals surface area contributed by atoms with Crippen molar-refractivity contribution in [2.24, 2.45) is 23.7 Å². The Bertz CT molecular complexity index is 573. The van der Waals surface area contributed by atoms with Gasteiger partial charge in [-0.2, -0.15) is 0 Å². The van der Waals surface area contributed by atoms with Crippen molar-refractivity contribution in [2.45, 2.75) is 96.8 Å². The predicted molar refractivity (Wildman–Crippen MR) is 110 cm³/mol. The third-order valence-corrected chi connectivity index (χ3v) is 7.55. The SMILES string of the molecule is CCCCCC1CCC(C2CCC(CCc3cc(F)c(F)c(F)c3)CC2)CC1. The molecule has 0 unspecified atom stereocenters. The molecule has 2 fully saturated rings. The van der Waals surface area contributed by atoms with Crippen LogP contribution >= 0.6 is 0 Å². The molecule has 0 aromatic heterocycles. The van der Waals surface area contributed by atoms with Gasteiger partial charge in [0.05, 0.1) is 0 Å². The molecule has 0 saturated heterocycles. The Morgan fingerprint density at radius 3 is 1.71 bits per heavy atom. The highest BCUT2D eigenvalue weighted by atomic mass is 19.2. The lowest BCUT2D eigenvalue weighted by atomic mass is 9.68. The Kier molecular flexibility index (Phi) is 8.29. The van der Waals surface area contributed by atoms with E-state index in [1.807, 2.05) is 0 Å². The van der Waals surface area contributed by atoms with Crippen LogP contribution in [0.25, 0.3) is 0 Å². The molecule has 2 saturated carbocycles. The summed E-state index contributed by atoms with van der Waals surface area (Å²) < 4.78 is 39.8. The van der Waals surface area contributed by atoms with Crippen molar-refractivity contribution in [3.05, 3.63) is 35.1 Å². The van der Waals surface area contributed by atoms with Crippen LogP contribution in [0.5, 0.6) is 0 Å². The molecule has 0 N–H and O–H groups in total. The Labute approximate surface area is 169 Å². The molecular formula is C25H37F3. The number of aryl methyl sites for hydroxylation is 1. The van der Waals surface area contributed by atoms with E-state index in [4.69, 9.17) is 0 Å². The third kappa shape index (κ3) is 6.00. The van der Waals surface area contributed by atoms with Crippen LogP contribution in [0.1, 0.15) is 96.0 Å².